The van der Waals surface area contributed by atoms with Gasteiger partial charge in [-0.2, -0.15) is 0 Å². The molecule has 1 aromatic rings. The minimum absolute atomic E-state index is 0.0521. The van der Waals surface area contributed by atoms with Crippen molar-refractivity contribution in [2.75, 3.05) is 13.1 Å². The van der Waals surface area contributed by atoms with Gasteiger partial charge in [-0.25, -0.2) is 4.39 Å². The van der Waals surface area contributed by atoms with Gasteiger partial charge in [-0.3, -0.25) is 10.1 Å². The first kappa shape index (κ1) is 16.9. The van der Waals surface area contributed by atoms with Crippen molar-refractivity contribution >= 4 is 17.5 Å². The van der Waals surface area contributed by atoms with E-state index in [-0.39, 0.29) is 23.0 Å². The fourth-order valence-electron chi connectivity index (χ4n) is 2.13. The van der Waals surface area contributed by atoms with E-state index in [1.165, 1.54) is 12.1 Å². The van der Waals surface area contributed by atoms with Crippen molar-refractivity contribution in [3.63, 3.8) is 0 Å². The van der Waals surface area contributed by atoms with Crippen molar-refractivity contribution in [1.82, 2.24) is 10.2 Å². The fraction of sp³-hybridized carbons (Fsp3) is 0.533. The first-order chi connectivity index (χ1) is 9.40. The Morgan fingerprint density at radius 1 is 1.35 bits per heavy atom. The van der Waals surface area contributed by atoms with Gasteiger partial charge in [-0.15, -0.1) is 0 Å². The van der Waals surface area contributed by atoms with Crippen LogP contribution in [0.1, 0.15) is 39.3 Å². The minimum atomic E-state index is -0.444. The van der Waals surface area contributed by atoms with Crippen LogP contribution >= 0.6 is 11.6 Å². The van der Waals surface area contributed by atoms with Gasteiger partial charge >= 0.3 is 0 Å². The molecule has 0 fully saturated rings. The Balaban J connectivity index is 2.71. The molecule has 0 aromatic heterocycles. The van der Waals surface area contributed by atoms with Crippen LogP contribution in [0.4, 0.5) is 4.39 Å². The molecule has 2 unspecified atom stereocenters. The van der Waals surface area contributed by atoms with E-state index in [0.717, 1.165) is 5.56 Å². The third-order valence-electron chi connectivity index (χ3n) is 3.39. The molecule has 2 atom stereocenters. The maximum absolute atomic E-state index is 13.4. The third-order valence-corrected chi connectivity index (χ3v) is 3.70. The molecule has 1 rings (SSSR count). The predicted octanol–water partition coefficient (Wildman–Crippen LogP) is 3.39. The summed E-state index contributed by atoms with van der Waals surface area (Å²) in [5, 5.41) is 3.30. The Kier molecular flexibility index (Phi) is 6.43. The molecular weight excluding hydrogens is 279 g/mol. The van der Waals surface area contributed by atoms with E-state index < -0.39 is 5.82 Å². The predicted molar refractivity (Wildman–Crippen MR) is 80.4 cm³/mol. The molecule has 0 saturated carbocycles. The van der Waals surface area contributed by atoms with E-state index in [2.05, 4.69) is 5.32 Å². The monoisotopic (exact) mass is 300 g/mol. The molecule has 0 aliphatic carbocycles. The van der Waals surface area contributed by atoms with Gasteiger partial charge in [0.2, 0.25) is 5.91 Å². The summed E-state index contributed by atoms with van der Waals surface area (Å²) < 4.78 is 13.4. The third kappa shape index (κ3) is 4.18. The molecule has 0 aliphatic heterocycles. The Morgan fingerprint density at radius 3 is 2.45 bits per heavy atom. The highest BCUT2D eigenvalue weighted by Gasteiger charge is 2.20. The second-order valence-corrected chi connectivity index (χ2v) is 5.20. The molecular formula is C15H22ClFN2O. The standard InChI is InChI=1S/C15H22ClFN2O/c1-5-19(6-2)15(20)11(4)18-10(3)12-7-8-13(16)14(17)9-12/h7-11,18H,5-6H2,1-4H3. The van der Waals surface area contributed by atoms with Gasteiger partial charge in [0.05, 0.1) is 11.1 Å². The van der Waals surface area contributed by atoms with Crippen LogP contribution in [0, 0.1) is 5.82 Å². The van der Waals surface area contributed by atoms with Crippen LogP contribution in [-0.2, 0) is 4.79 Å². The first-order valence-corrected chi connectivity index (χ1v) is 7.28. The zero-order chi connectivity index (χ0) is 15.3. The minimum Gasteiger partial charge on any atom is -0.342 e. The Labute approximate surface area is 125 Å². The summed E-state index contributed by atoms with van der Waals surface area (Å²) in [4.78, 5) is 13.9. The number of hydrogen-bond donors (Lipinski definition) is 1. The number of likely N-dealkylation sites (N-methyl/N-ethyl adjacent to an activating group) is 1. The van der Waals surface area contributed by atoms with E-state index in [0.29, 0.717) is 13.1 Å². The Morgan fingerprint density at radius 2 is 1.95 bits per heavy atom. The van der Waals surface area contributed by atoms with Crippen LogP contribution in [0.5, 0.6) is 0 Å². The van der Waals surface area contributed by atoms with Gasteiger partial charge in [0.1, 0.15) is 5.82 Å². The quantitative estimate of drug-likeness (QED) is 0.873. The molecule has 1 aromatic carbocycles. The average molecular weight is 301 g/mol. The SMILES string of the molecule is CCN(CC)C(=O)C(C)NC(C)c1ccc(Cl)c(F)c1. The zero-order valence-corrected chi connectivity index (χ0v) is 13.2. The van der Waals surface area contributed by atoms with Gasteiger partial charge in [0.15, 0.2) is 0 Å². The lowest BCUT2D eigenvalue weighted by Crippen LogP contribution is -2.45. The molecule has 0 spiro atoms. The molecule has 20 heavy (non-hydrogen) atoms. The van der Waals surface area contributed by atoms with Crippen molar-refractivity contribution in [1.29, 1.82) is 0 Å². The Hall–Kier alpha value is -1.13. The smallest absolute Gasteiger partial charge is 0.239 e. The lowest BCUT2D eigenvalue weighted by molar-refractivity contribution is -0.132. The summed E-state index contributed by atoms with van der Waals surface area (Å²) in [5.74, 6) is -0.392. The maximum atomic E-state index is 13.4. The number of nitrogens with zero attached hydrogens (tertiary/aromatic N) is 1. The number of carbonyl (C=O) groups excluding carboxylic acids is 1. The van der Waals surface area contributed by atoms with Crippen LogP contribution in [0.15, 0.2) is 18.2 Å². The summed E-state index contributed by atoms with van der Waals surface area (Å²) in [6.45, 7) is 8.99. The van der Waals surface area contributed by atoms with Gasteiger partial charge in [0, 0.05) is 19.1 Å². The molecule has 0 aliphatic rings. The molecule has 5 heteroatoms. The normalized spacial score (nSPS) is 13.9. The molecule has 0 radical (unpaired) electrons. The lowest BCUT2D eigenvalue weighted by Gasteiger charge is -2.26. The molecule has 3 nitrogen and oxygen atoms in total. The molecule has 112 valence electrons. The van der Waals surface area contributed by atoms with Gasteiger partial charge in [0.25, 0.3) is 0 Å². The molecule has 0 saturated heterocycles. The molecule has 1 N–H and O–H groups in total. The zero-order valence-electron chi connectivity index (χ0n) is 12.4. The molecule has 0 heterocycles. The number of hydrogen-bond acceptors (Lipinski definition) is 2. The highest BCUT2D eigenvalue weighted by Crippen LogP contribution is 2.20. The summed E-state index contributed by atoms with van der Waals surface area (Å²) in [6.07, 6.45) is 0. The largest absolute Gasteiger partial charge is 0.342 e. The van der Waals surface area contributed by atoms with Crippen molar-refractivity contribution < 1.29 is 9.18 Å². The van der Waals surface area contributed by atoms with Crippen LogP contribution in [0.25, 0.3) is 0 Å². The maximum Gasteiger partial charge on any atom is 0.239 e. The van der Waals surface area contributed by atoms with Crippen molar-refractivity contribution in [2.24, 2.45) is 0 Å². The highest BCUT2D eigenvalue weighted by molar-refractivity contribution is 6.30. The topological polar surface area (TPSA) is 32.3 Å². The van der Waals surface area contributed by atoms with Crippen LogP contribution in [0.3, 0.4) is 0 Å². The number of carbonyl (C=O) groups is 1. The van der Waals surface area contributed by atoms with Crippen LogP contribution in [-0.4, -0.2) is 29.9 Å². The first-order valence-electron chi connectivity index (χ1n) is 6.90. The van der Waals surface area contributed by atoms with Crippen LogP contribution < -0.4 is 5.32 Å². The van der Waals surface area contributed by atoms with Gasteiger partial charge in [-0.05, 0) is 45.4 Å². The highest BCUT2D eigenvalue weighted by atomic mass is 35.5. The van der Waals surface area contributed by atoms with E-state index in [1.54, 1.807) is 11.0 Å². The summed E-state index contributed by atoms with van der Waals surface area (Å²) in [7, 11) is 0. The summed E-state index contributed by atoms with van der Waals surface area (Å²) in [6, 6.07) is 4.24. The van der Waals surface area contributed by atoms with Gasteiger partial charge < -0.3 is 4.90 Å². The second kappa shape index (κ2) is 7.60. The van der Waals surface area contributed by atoms with E-state index in [9.17, 15) is 9.18 Å². The Bertz CT molecular complexity index is 463. The summed E-state index contributed by atoms with van der Waals surface area (Å²) in [5.41, 5.74) is 0.770. The second-order valence-electron chi connectivity index (χ2n) is 4.79. The number of amides is 1. The van der Waals surface area contributed by atoms with E-state index >= 15 is 0 Å². The lowest BCUT2D eigenvalue weighted by atomic mass is 10.1. The fourth-order valence-corrected chi connectivity index (χ4v) is 2.25. The van der Waals surface area contributed by atoms with E-state index in [1.807, 2.05) is 27.7 Å². The number of nitrogens with one attached hydrogen (secondary N) is 1. The van der Waals surface area contributed by atoms with Crippen molar-refractivity contribution in [3.8, 4) is 0 Å². The molecule has 0 bridgehead atoms. The number of halogens is 2. The van der Waals surface area contributed by atoms with Crippen molar-refractivity contribution in [2.45, 2.75) is 39.8 Å². The summed E-state index contributed by atoms with van der Waals surface area (Å²) >= 11 is 5.66. The number of rotatable bonds is 6. The van der Waals surface area contributed by atoms with Gasteiger partial charge in [-0.1, -0.05) is 17.7 Å². The van der Waals surface area contributed by atoms with E-state index in [4.69, 9.17) is 11.6 Å². The van der Waals surface area contributed by atoms with Crippen LogP contribution in [0.2, 0.25) is 5.02 Å². The molecule has 1 amide bonds. The number of benzene rings is 1. The van der Waals surface area contributed by atoms with Crippen molar-refractivity contribution in [3.05, 3.63) is 34.6 Å². The average Bonchev–Trinajstić information content (AvgIpc) is 2.42.